The van der Waals surface area contributed by atoms with Gasteiger partial charge in [-0.05, 0) is 13.8 Å². The second-order valence-electron chi connectivity index (χ2n) is 4.89. The van der Waals surface area contributed by atoms with Gasteiger partial charge in [-0.1, -0.05) is 17.3 Å². The summed E-state index contributed by atoms with van der Waals surface area (Å²) < 4.78 is 10.1. The minimum Gasteiger partial charge on any atom is -0.354 e. The van der Waals surface area contributed by atoms with Crippen LogP contribution < -0.4 is 5.32 Å². The van der Waals surface area contributed by atoms with Gasteiger partial charge in [0.1, 0.15) is 5.01 Å². The molecule has 0 aliphatic rings. The van der Waals surface area contributed by atoms with Crippen molar-refractivity contribution in [2.45, 2.75) is 25.6 Å². The summed E-state index contributed by atoms with van der Waals surface area (Å²) in [6.07, 6.45) is 4.97. The van der Waals surface area contributed by atoms with Crippen molar-refractivity contribution in [1.29, 1.82) is 0 Å². The number of nitrogens with one attached hydrogen (secondary N) is 1. The number of rotatable bonds is 6. The molecule has 8 heteroatoms. The van der Waals surface area contributed by atoms with E-state index in [2.05, 4.69) is 21.4 Å². The van der Waals surface area contributed by atoms with Crippen molar-refractivity contribution in [2.24, 2.45) is 0 Å². The Morgan fingerprint density at radius 2 is 2.10 bits per heavy atom. The van der Waals surface area contributed by atoms with Gasteiger partial charge in [0.2, 0.25) is 5.13 Å². The quantitative estimate of drug-likeness (QED) is 0.637. The zero-order valence-corrected chi connectivity index (χ0v) is 13.7. The van der Waals surface area contributed by atoms with Crippen molar-refractivity contribution >= 4 is 22.5 Å². The van der Waals surface area contributed by atoms with E-state index in [1.807, 2.05) is 13.8 Å². The summed E-state index contributed by atoms with van der Waals surface area (Å²) in [5, 5.41) is 11.7. The van der Waals surface area contributed by atoms with E-state index in [0.29, 0.717) is 16.7 Å². The SMILES string of the molecule is C#CC(C)(C)c1nnc(NC(=O)N(C)CC(OC)OC)s1. The summed E-state index contributed by atoms with van der Waals surface area (Å²) in [6, 6.07) is -0.324. The van der Waals surface area contributed by atoms with Crippen LogP contribution in [0.4, 0.5) is 9.93 Å². The molecule has 0 saturated heterocycles. The Hall–Kier alpha value is -1.69. The summed E-state index contributed by atoms with van der Waals surface area (Å²) in [4.78, 5) is 13.4. The molecule has 0 bridgehead atoms. The number of aromatic nitrogens is 2. The smallest absolute Gasteiger partial charge is 0.323 e. The Balaban J connectivity index is 2.66. The lowest BCUT2D eigenvalue weighted by Crippen LogP contribution is -2.38. The van der Waals surface area contributed by atoms with Crippen LogP contribution in [0.2, 0.25) is 0 Å². The Bertz CT molecular complexity index is 520. The second-order valence-corrected chi connectivity index (χ2v) is 5.87. The number of carbonyl (C=O) groups is 1. The molecule has 1 aromatic rings. The molecule has 116 valence electrons. The third-order valence-corrected chi connectivity index (χ3v) is 3.99. The maximum Gasteiger partial charge on any atom is 0.323 e. The Morgan fingerprint density at radius 3 is 2.62 bits per heavy atom. The number of hydrogen-bond donors (Lipinski definition) is 1. The van der Waals surface area contributed by atoms with Crippen molar-refractivity contribution in [2.75, 3.05) is 33.1 Å². The molecular weight excluding hydrogens is 292 g/mol. The molecule has 0 radical (unpaired) electrons. The number of nitrogens with zero attached hydrogens (tertiary/aromatic N) is 3. The fraction of sp³-hybridized carbons (Fsp3) is 0.615. The van der Waals surface area contributed by atoms with Crippen LogP contribution in [-0.4, -0.2) is 55.2 Å². The Labute approximate surface area is 128 Å². The number of carbonyl (C=O) groups excluding carboxylic acids is 1. The average Bonchev–Trinajstić information content (AvgIpc) is 2.93. The van der Waals surface area contributed by atoms with E-state index in [1.54, 1.807) is 7.05 Å². The van der Waals surface area contributed by atoms with Gasteiger partial charge in [0.25, 0.3) is 0 Å². The molecule has 0 aliphatic heterocycles. The predicted octanol–water partition coefficient (Wildman–Crippen LogP) is 1.53. The highest BCUT2D eigenvalue weighted by Gasteiger charge is 2.23. The summed E-state index contributed by atoms with van der Waals surface area (Å²) in [7, 11) is 4.66. The van der Waals surface area contributed by atoms with Gasteiger partial charge in [-0.15, -0.1) is 16.6 Å². The third-order valence-electron chi connectivity index (χ3n) is 2.83. The minimum absolute atomic E-state index is 0.292. The Morgan fingerprint density at radius 1 is 1.48 bits per heavy atom. The van der Waals surface area contributed by atoms with Crippen LogP contribution in [0.1, 0.15) is 18.9 Å². The monoisotopic (exact) mass is 312 g/mol. The first kappa shape index (κ1) is 17.4. The van der Waals surface area contributed by atoms with Crippen LogP contribution in [0.25, 0.3) is 0 Å². The number of likely N-dealkylation sites (N-methyl/N-ethyl adjacent to an activating group) is 1. The van der Waals surface area contributed by atoms with Crippen LogP contribution in [0, 0.1) is 12.3 Å². The predicted molar refractivity (Wildman–Crippen MR) is 81.2 cm³/mol. The van der Waals surface area contributed by atoms with Crippen LogP contribution in [0.15, 0.2) is 0 Å². The van der Waals surface area contributed by atoms with Gasteiger partial charge in [-0.3, -0.25) is 5.32 Å². The molecule has 1 aromatic heterocycles. The molecule has 1 N–H and O–H groups in total. The normalized spacial score (nSPS) is 11.3. The number of anilines is 1. The number of amides is 2. The summed E-state index contributed by atoms with van der Waals surface area (Å²) in [5.41, 5.74) is -0.510. The second kappa shape index (κ2) is 7.36. The standard InChI is InChI=1S/C13H20N4O3S/c1-7-13(2,3)10-15-16-11(21-10)14-12(18)17(4)8-9(19-5)20-6/h1,9H,8H2,2-6H3,(H,14,16,18). The lowest BCUT2D eigenvalue weighted by Gasteiger charge is -2.21. The van der Waals surface area contributed by atoms with Crippen LogP contribution in [0.5, 0.6) is 0 Å². The number of terminal acetylenes is 1. The van der Waals surface area contributed by atoms with E-state index >= 15 is 0 Å². The molecule has 0 unspecified atom stereocenters. The number of urea groups is 1. The average molecular weight is 312 g/mol. The summed E-state index contributed by atoms with van der Waals surface area (Å²) in [6.45, 7) is 4.03. The van der Waals surface area contributed by atoms with Gasteiger partial charge in [-0.2, -0.15) is 0 Å². The number of hydrogen-bond acceptors (Lipinski definition) is 6. The zero-order valence-electron chi connectivity index (χ0n) is 12.8. The van der Waals surface area contributed by atoms with Crippen LogP contribution in [-0.2, 0) is 14.9 Å². The van der Waals surface area contributed by atoms with Gasteiger partial charge in [0.05, 0.1) is 12.0 Å². The van der Waals surface area contributed by atoms with Crippen molar-refractivity contribution in [1.82, 2.24) is 15.1 Å². The van der Waals surface area contributed by atoms with E-state index in [-0.39, 0.29) is 6.03 Å². The molecule has 21 heavy (non-hydrogen) atoms. The molecule has 2 amide bonds. The first-order valence-electron chi connectivity index (χ1n) is 6.23. The van der Waals surface area contributed by atoms with Gasteiger partial charge in [0, 0.05) is 21.3 Å². The highest BCUT2D eigenvalue weighted by atomic mass is 32.1. The van der Waals surface area contributed by atoms with Crippen molar-refractivity contribution in [3.05, 3.63) is 5.01 Å². The van der Waals surface area contributed by atoms with E-state index < -0.39 is 11.7 Å². The minimum atomic E-state index is -0.510. The highest BCUT2D eigenvalue weighted by Crippen LogP contribution is 2.27. The summed E-state index contributed by atoms with van der Waals surface area (Å²) in [5.74, 6) is 2.64. The fourth-order valence-corrected chi connectivity index (χ4v) is 2.13. The van der Waals surface area contributed by atoms with Crippen LogP contribution >= 0.6 is 11.3 Å². The van der Waals surface area contributed by atoms with E-state index in [4.69, 9.17) is 15.9 Å². The van der Waals surface area contributed by atoms with Gasteiger partial charge >= 0.3 is 6.03 Å². The number of methoxy groups -OCH3 is 2. The van der Waals surface area contributed by atoms with Gasteiger partial charge < -0.3 is 14.4 Å². The molecular formula is C13H20N4O3S. The summed E-state index contributed by atoms with van der Waals surface area (Å²) >= 11 is 1.25. The first-order valence-corrected chi connectivity index (χ1v) is 7.05. The molecule has 0 fully saturated rings. The van der Waals surface area contributed by atoms with Crippen LogP contribution in [0.3, 0.4) is 0 Å². The zero-order chi connectivity index (χ0) is 16.0. The molecule has 0 aromatic carbocycles. The highest BCUT2D eigenvalue weighted by molar-refractivity contribution is 7.15. The Kier molecular flexibility index (Phi) is 6.08. The van der Waals surface area contributed by atoms with Crippen molar-refractivity contribution in [3.63, 3.8) is 0 Å². The maximum atomic E-state index is 12.0. The van der Waals surface area contributed by atoms with E-state index in [1.165, 1.54) is 30.5 Å². The molecule has 1 heterocycles. The van der Waals surface area contributed by atoms with Gasteiger partial charge in [-0.25, -0.2) is 4.79 Å². The van der Waals surface area contributed by atoms with E-state index in [0.717, 1.165) is 0 Å². The van der Waals surface area contributed by atoms with Crippen molar-refractivity contribution in [3.8, 4) is 12.3 Å². The maximum absolute atomic E-state index is 12.0. The first-order chi connectivity index (χ1) is 9.83. The molecule has 1 rings (SSSR count). The lowest BCUT2D eigenvalue weighted by molar-refractivity contribution is -0.108. The number of ether oxygens (including phenoxy) is 2. The third kappa shape index (κ3) is 4.67. The molecule has 0 atom stereocenters. The fourth-order valence-electron chi connectivity index (χ4n) is 1.33. The topological polar surface area (TPSA) is 76.6 Å². The van der Waals surface area contributed by atoms with Crippen molar-refractivity contribution < 1.29 is 14.3 Å². The van der Waals surface area contributed by atoms with Gasteiger partial charge in [0.15, 0.2) is 6.29 Å². The lowest BCUT2D eigenvalue weighted by atomic mass is 9.96. The van der Waals surface area contributed by atoms with E-state index in [9.17, 15) is 4.79 Å². The molecule has 0 aliphatic carbocycles. The molecule has 0 spiro atoms. The molecule has 0 saturated carbocycles. The molecule has 7 nitrogen and oxygen atoms in total. The largest absolute Gasteiger partial charge is 0.354 e.